The highest BCUT2D eigenvalue weighted by Gasteiger charge is 2.19. The molecule has 110 valence electrons. The molecule has 3 N–H and O–H groups in total. The largest absolute Gasteiger partial charge is 0.326 e. The van der Waals surface area contributed by atoms with Crippen molar-refractivity contribution in [2.75, 3.05) is 18.9 Å². The number of carbonyl (C=O) groups is 1. The van der Waals surface area contributed by atoms with Gasteiger partial charge in [-0.2, -0.15) is 0 Å². The molecule has 0 atom stereocenters. The standard InChI is InChI=1S/C16H25N3O/c1-19(14-8-3-2-4-9-14)12-16(20)18-15-10-6-5-7-13(15)11-17/h5-7,10,14H,2-4,8-9,11-12,17H2,1H3,(H,18,20). The molecule has 1 aliphatic carbocycles. The summed E-state index contributed by atoms with van der Waals surface area (Å²) in [5.41, 5.74) is 7.49. The summed E-state index contributed by atoms with van der Waals surface area (Å²) in [6, 6.07) is 8.26. The maximum Gasteiger partial charge on any atom is 0.238 e. The minimum atomic E-state index is 0.0407. The first-order valence-corrected chi connectivity index (χ1v) is 7.48. The van der Waals surface area contributed by atoms with E-state index in [0.717, 1.165) is 11.3 Å². The van der Waals surface area contributed by atoms with Crippen molar-refractivity contribution in [1.82, 2.24) is 4.90 Å². The van der Waals surface area contributed by atoms with Gasteiger partial charge in [-0.25, -0.2) is 0 Å². The van der Waals surface area contributed by atoms with E-state index in [1.165, 1.54) is 32.1 Å². The number of hydrogen-bond acceptors (Lipinski definition) is 3. The number of nitrogens with zero attached hydrogens (tertiary/aromatic N) is 1. The summed E-state index contributed by atoms with van der Waals surface area (Å²) >= 11 is 0. The SMILES string of the molecule is CN(CC(=O)Nc1ccccc1CN)C1CCCCC1. The minimum absolute atomic E-state index is 0.0407. The number of carbonyl (C=O) groups excluding carboxylic acids is 1. The Labute approximate surface area is 121 Å². The van der Waals surface area contributed by atoms with Crippen molar-refractivity contribution in [2.45, 2.75) is 44.7 Å². The van der Waals surface area contributed by atoms with E-state index in [1.807, 2.05) is 31.3 Å². The van der Waals surface area contributed by atoms with Crippen LogP contribution in [0.1, 0.15) is 37.7 Å². The zero-order valence-corrected chi connectivity index (χ0v) is 12.3. The molecule has 0 aliphatic heterocycles. The highest BCUT2D eigenvalue weighted by Crippen LogP contribution is 2.21. The molecule has 0 aromatic heterocycles. The number of nitrogens with two attached hydrogens (primary N) is 1. The van der Waals surface area contributed by atoms with Gasteiger partial charge in [-0.1, -0.05) is 37.5 Å². The molecule has 4 heteroatoms. The quantitative estimate of drug-likeness (QED) is 0.867. The Hall–Kier alpha value is -1.39. The summed E-state index contributed by atoms with van der Waals surface area (Å²) in [5.74, 6) is 0.0407. The van der Waals surface area contributed by atoms with Crippen LogP contribution in [0.5, 0.6) is 0 Å². The molecule has 0 bridgehead atoms. The van der Waals surface area contributed by atoms with Gasteiger partial charge >= 0.3 is 0 Å². The topological polar surface area (TPSA) is 58.4 Å². The number of para-hydroxylation sites is 1. The van der Waals surface area contributed by atoms with Crippen LogP contribution in [0.25, 0.3) is 0 Å². The molecule has 0 spiro atoms. The second-order valence-corrected chi connectivity index (χ2v) is 5.62. The molecule has 1 aliphatic rings. The lowest BCUT2D eigenvalue weighted by atomic mass is 9.94. The molecule has 4 nitrogen and oxygen atoms in total. The molecule has 1 aromatic carbocycles. The molecule has 0 saturated heterocycles. The maximum atomic E-state index is 12.1. The molecule has 2 rings (SSSR count). The van der Waals surface area contributed by atoms with E-state index in [1.54, 1.807) is 0 Å². The Morgan fingerprint density at radius 3 is 2.70 bits per heavy atom. The van der Waals surface area contributed by atoms with Crippen LogP contribution in [0.3, 0.4) is 0 Å². The Bertz CT molecular complexity index is 441. The van der Waals surface area contributed by atoms with E-state index < -0.39 is 0 Å². The predicted octanol–water partition coefficient (Wildman–Crippen LogP) is 2.35. The van der Waals surface area contributed by atoms with Gasteiger partial charge < -0.3 is 11.1 Å². The Balaban J connectivity index is 1.88. The van der Waals surface area contributed by atoms with E-state index in [9.17, 15) is 4.79 Å². The van der Waals surface area contributed by atoms with Crippen LogP contribution in [0.15, 0.2) is 24.3 Å². The van der Waals surface area contributed by atoms with Crippen molar-refractivity contribution in [1.29, 1.82) is 0 Å². The van der Waals surface area contributed by atoms with Crippen LogP contribution < -0.4 is 11.1 Å². The Morgan fingerprint density at radius 1 is 1.30 bits per heavy atom. The summed E-state index contributed by atoms with van der Waals surface area (Å²) in [6.07, 6.45) is 6.33. The summed E-state index contributed by atoms with van der Waals surface area (Å²) < 4.78 is 0. The van der Waals surface area contributed by atoms with Crippen LogP contribution in [0.4, 0.5) is 5.69 Å². The van der Waals surface area contributed by atoms with E-state index >= 15 is 0 Å². The average molecular weight is 275 g/mol. The van der Waals surface area contributed by atoms with Gasteiger partial charge in [0.25, 0.3) is 0 Å². The number of amides is 1. The van der Waals surface area contributed by atoms with Crippen molar-refractivity contribution in [2.24, 2.45) is 5.73 Å². The normalized spacial score (nSPS) is 16.4. The van der Waals surface area contributed by atoms with Crippen LogP contribution in [-0.4, -0.2) is 30.4 Å². The van der Waals surface area contributed by atoms with Crippen LogP contribution >= 0.6 is 0 Å². The maximum absolute atomic E-state index is 12.1. The first kappa shape index (κ1) is 15.0. The summed E-state index contributed by atoms with van der Waals surface area (Å²) in [5, 5.41) is 2.97. The van der Waals surface area contributed by atoms with Gasteiger partial charge in [0, 0.05) is 18.3 Å². The molecule has 1 saturated carbocycles. The van der Waals surface area contributed by atoms with Crippen LogP contribution in [0.2, 0.25) is 0 Å². The van der Waals surface area contributed by atoms with Gasteiger partial charge in [-0.3, -0.25) is 9.69 Å². The average Bonchev–Trinajstić information content (AvgIpc) is 2.48. The zero-order chi connectivity index (χ0) is 14.4. The molecule has 0 unspecified atom stereocenters. The fourth-order valence-electron chi connectivity index (χ4n) is 2.89. The highest BCUT2D eigenvalue weighted by atomic mass is 16.2. The molecule has 1 fully saturated rings. The molecule has 1 aromatic rings. The van der Waals surface area contributed by atoms with E-state index in [-0.39, 0.29) is 5.91 Å². The third-order valence-electron chi connectivity index (χ3n) is 4.10. The fraction of sp³-hybridized carbons (Fsp3) is 0.562. The number of anilines is 1. The highest BCUT2D eigenvalue weighted by molar-refractivity contribution is 5.93. The zero-order valence-electron chi connectivity index (χ0n) is 12.3. The van der Waals surface area contributed by atoms with Crippen molar-refractivity contribution in [3.8, 4) is 0 Å². The van der Waals surface area contributed by atoms with Crippen LogP contribution in [0, 0.1) is 0 Å². The van der Waals surface area contributed by atoms with E-state index in [0.29, 0.717) is 19.1 Å². The third kappa shape index (κ3) is 4.05. The number of benzene rings is 1. The van der Waals surface area contributed by atoms with E-state index in [2.05, 4.69) is 10.2 Å². The second-order valence-electron chi connectivity index (χ2n) is 5.62. The van der Waals surface area contributed by atoms with Gasteiger partial charge in [0.15, 0.2) is 0 Å². The molecular formula is C16H25N3O. The lowest BCUT2D eigenvalue weighted by Crippen LogP contribution is -2.39. The smallest absolute Gasteiger partial charge is 0.238 e. The van der Waals surface area contributed by atoms with Gasteiger partial charge in [0.1, 0.15) is 0 Å². The number of rotatable bonds is 5. The predicted molar refractivity (Wildman–Crippen MR) is 82.5 cm³/mol. The molecular weight excluding hydrogens is 250 g/mol. The Kier molecular flexibility index (Phi) is 5.56. The summed E-state index contributed by atoms with van der Waals surface area (Å²) in [4.78, 5) is 14.3. The van der Waals surface area contributed by atoms with Gasteiger partial charge in [0.05, 0.1) is 6.54 Å². The third-order valence-corrected chi connectivity index (χ3v) is 4.10. The van der Waals surface area contributed by atoms with Gasteiger partial charge in [0.2, 0.25) is 5.91 Å². The molecule has 1 amide bonds. The van der Waals surface area contributed by atoms with Gasteiger partial charge in [-0.15, -0.1) is 0 Å². The van der Waals surface area contributed by atoms with Crippen molar-refractivity contribution >= 4 is 11.6 Å². The first-order valence-electron chi connectivity index (χ1n) is 7.48. The van der Waals surface area contributed by atoms with E-state index in [4.69, 9.17) is 5.73 Å². The van der Waals surface area contributed by atoms with Crippen LogP contribution in [-0.2, 0) is 11.3 Å². The second kappa shape index (κ2) is 7.41. The van der Waals surface area contributed by atoms with Crippen molar-refractivity contribution < 1.29 is 4.79 Å². The molecule has 20 heavy (non-hydrogen) atoms. The Morgan fingerprint density at radius 2 is 2.00 bits per heavy atom. The molecule has 0 heterocycles. The van der Waals surface area contributed by atoms with Crippen molar-refractivity contribution in [3.63, 3.8) is 0 Å². The number of hydrogen-bond donors (Lipinski definition) is 2. The van der Waals surface area contributed by atoms with Gasteiger partial charge in [-0.05, 0) is 31.5 Å². The summed E-state index contributed by atoms with van der Waals surface area (Å²) in [7, 11) is 2.05. The monoisotopic (exact) mass is 275 g/mol. The number of nitrogens with one attached hydrogen (secondary N) is 1. The number of likely N-dealkylation sites (N-methyl/N-ethyl adjacent to an activating group) is 1. The lowest BCUT2D eigenvalue weighted by molar-refractivity contribution is -0.117. The van der Waals surface area contributed by atoms with Crippen molar-refractivity contribution in [3.05, 3.63) is 29.8 Å². The summed E-state index contributed by atoms with van der Waals surface area (Å²) in [6.45, 7) is 0.887. The lowest BCUT2D eigenvalue weighted by Gasteiger charge is -2.30. The fourth-order valence-corrected chi connectivity index (χ4v) is 2.89. The molecule has 0 radical (unpaired) electrons. The minimum Gasteiger partial charge on any atom is -0.326 e. The first-order chi connectivity index (χ1) is 9.70.